The minimum atomic E-state index is 0.139. The first-order chi connectivity index (χ1) is 9.08. The van der Waals surface area contributed by atoms with E-state index in [1.807, 2.05) is 36.4 Å². The van der Waals surface area contributed by atoms with E-state index in [-0.39, 0.29) is 11.8 Å². The molecule has 4 heteroatoms. The Hall–Kier alpha value is -1.22. The first kappa shape index (κ1) is 14.2. The van der Waals surface area contributed by atoms with E-state index in [4.69, 9.17) is 23.2 Å². The van der Waals surface area contributed by atoms with Crippen molar-refractivity contribution in [1.82, 2.24) is 5.32 Å². The Labute approximate surface area is 123 Å². The molecule has 0 saturated carbocycles. The first-order valence-corrected chi connectivity index (χ1v) is 6.78. The summed E-state index contributed by atoms with van der Waals surface area (Å²) < 4.78 is 0. The van der Waals surface area contributed by atoms with Gasteiger partial charge in [-0.15, -0.1) is 0 Å². The van der Waals surface area contributed by atoms with E-state index < -0.39 is 0 Å². The van der Waals surface area contributed by atoms with Crippen molar-refractivity contribution in [2.75, 3.05) is 0 Å². The summed E-state index contributed by atoms with van der Waals surface area (Å²) >= 11 is 11.7. The van der Waals surface area contributed by atoms with Crippen LogP contribution in [0.25, 0.3) is 0 Å². The zero-order valence-electron chi connectivity index (χ0n) is 10.5. The molecule has 2 rings (SSSR count). The summed E-state index contributed by atoms with van der Waals surface area (Å²) in [5.41, 5.74) is 1.93. The molecule has 2 nitrogen and oxygen atoms in total. The lowest BCUT2D eigenvalue weighted by Crippen LogP contribution is -2.18. The quantitative estimate of drug-likeness (QED) is 0.867. The van der Waals surface area contributed by atoms with Crippen LogP contribution in [0.3, 0.4) is 0 Å². The van der Waals surface area contributed by atoms with Crippen molar-refractivity contribution in [1.29, 1.82) is 0 Å². The Balaban J connectivity index is 2.02. The van der Waals surface area contributed by atoms with Gasteiger partial charge in [0.15, 0.2) is 0 Å². The second-order valence-corrected chi connectivity index (χ2v) is 5.25. The smallest absolute Gasteiger partial charge is 0.138 e. The molecule has 1 atom stereocenters. The summed E-state index contributed by atoms with van der Waals surface area (Å²) in [6, 6.07) is 13.2. The predicted octanol–water partition coefficient (Wildman–Crippen LogP) is 4.55. The van der Waals surface area contributed by atoms with E-state index in [9.17, 15) is 5.11 Å². The van der Waals surface area contributed by atoms with Gasteiger partial charge in [0.2, 0.25) is 0 Å². The van der Waals surface area contributed by atoms with Crippen LogP contribution in [0.2, 0.25) is 10.0 Å². The van der Waals surface area contributed by atoms with Crippen molar-refractivity contribution in [2.45, 2.75) is 19.5 Å². The summed E-state index contributed by atoms with van der Waals surface area (Å²) in [5, 5.41) is 14.3. The summed E-state index contributed by atoms with van der Waals surface area (Å²) in [7, 11) is 0. The average molecular weight is 296 g/mol. The van der Waals surface area contributed by atoms with Crippen LogP contribution in [0.1, 0.15) is 24.1 Å². The molecule has 100 valence electrons. The van der Waals surface area contributed by atoms with Crippen molar-refractivity contribution in [2.24, 2.45) is 0 Å². The van der Waals surface area contributed by atoms with Gasteiger partial charge in [-0.25, -0.2) is 0 Å². The summed E-state index contributed by atoms with van der Waals surface area (Å²) in [5.74, 6) is 0.139. The van der Waals surface area contributed by atoms with E-state index in [0.29, 0.717) is 11.6 Å². The van der Waals surface area contributed by atoms with Crippen molar-refractivity contribution in [3.63, 3.8) is 0 Å². The number of rotatable bonds is 4. The number of phenols is 1. The fraction of sp³-hybridized carbons (Fsp3) is 0.200. The predicted molar refractivity (Wildman–Crippen MR) is 79.8 cm³/mol. The van der Waals surface area contributed by atoms with E-state index in [1.54, 1.807) is 6.07 Å². The second kappa shape index (κ2) is 6.29. The highest BCUT2D eigenvalue weighted by Crippen LogP contribution is 2.27. The van der Waals surface area contributed by atoms with E-state index in [0.717, 1.165) is 16.1 Å². The lowest BCUT2D eigenvalue weighted by Gasteiger charge is -2.15. The highest BCUT2D eigenvalue weighted by Gasteiger charge is 2.08. The molecule has 0 spiro atoms. The van der Waals surface area contributed by atoms with Gasteiger partial charge in [-0.3, -0.25) is 0 Å². The molecule has 0 aliphatic carbocycles. The lowest BCUT2D eigenvalue weighted by molar-refractivity contribution is 0.460. The van der Waals surface area contributed by atoms with Gasteiger partial charge in [-0.1, -0.05) is 47.5 Å². The van der Waals surface area contributed by atoms with Gasteiger partial charge in [0.25, 0.3) is 0 Å². The summed E-state index contributed by atoms with van der Waals surface area (Å²) in [6.07, 6.45) is 0. The Bertz CT molecular complexity index is 555. The van der Waals surface area contributed by atoms with E-state index >= 15 is 0 Å². The Kier molecular flexibility index (Phi) is 4.70. The van der Waals surface area contributed by atoms with Crippen molar-refractivity contribution >= 4 is 23.2 Å². The van der Waals surface area contributed by atoms with Crippen LogP contribution in [0.4, 0.5) is 0 Å². The molecule has 2 aromatic carbocycles. The Morgan fingerprint density at radius 3 is 2.47 bits per heavy atom. The Morgan fingerprint density at radius 2 is 1.79 bits per heavy atom. The highest BCUT2D eigenvalue weighted by molar-refractivity contribution is 6.32. The van der Waals surface area contributed by atoms with Gasteiger partial charge in [-0.2, -0.15) is 0 Å². The van der Waals surface area contributed by atoms with Crippen molar-refractivity contribution < 1.29 is 5.11 Å². The third-order valence-electron chi connectivity index (χ3n) is 3.04. The molecule has 0 radical (unpaired) electrons. The number of hydrogen-bond acceptors (Lipinski definition) is 2. The number of hydrogen-bond donors (Lipinski definition) is 2. The van der Waals surface area contributed by atoms with Crippen LogP contribution < -0.4 is 5.32 Å². The molecule has 1 unspecified atom stereocenters. The summed E-state index contributed by atoms with van der Waals surface area (Å²) in [4.78, 5) is 0. The van der Waals surface area contributed by atoms with E-state index in [1.165, 1.54) is 0 Å². The molecule has 19 heavy (non-hydrogen) atoms. The standard InChI is InChI=1S/C15H15Cl2NO/c1-10(11-5-7-13(16)8-6-11)18-9-12-3-2-4-14(17)15(12)19/h2-8,10,18-19H,9H2,1H3. The van der Waals surface area contributed by atoms with Crippen LogP contribution in [-0.2, 0) is 6.54 Å². The van der Waals surface area contributed by atoms with Crippen LogP contribution >= 0.6 is 23.2 Å². The maximum atomic E-state index is 9.83. The number of phenolic OH excluding ortho intramolecular Hbond substituents is 1. The number of para-hydroxylation sites is 1. The highest BCUT2D eigenvalue weighted by atomic mass is 35.5. The monoisotopic (exact) mass is 295 g/mol. The van der Waals surface area contributed by atoms with Gasteiger partial charge >= 0.3 is 0 Å². The van der Waals surface area contributed by atoms with Gasteiger partial charge in [0.1, 0.15) is 5.75 Å². The maximum Gasteiger partial charge on any atom is 0.138 e. The second-order valence-electron chi connectivity index (χ2n) is 4.40. The summed E-state index contributed by atoms with van der Waals surface area (Å²) in [6.45, 7) is 2.61. The normalized spacial score (nSPS) is 12.4. The molecular weight excluding hydrogens is 281 g/mol. The van der Waals surface area contributed by atoms with Crippen molar-refractivity contribution in [3.8, 4) is 5.75 Å². The number of halogens is 2. The molecule has 0 aliphatic heterocycles. The molecule has 0 aromatic heterocycles. The number of benzene rings is 2. The molecule has 0 saturated heterocycles. The fourth-order valence-corrected chi connectivity index (χ4v) is 2.16. The molecule has 0 amide bonds. The molecule has 0 heterocycles. The Morgan fingerprint density at radius 1 is 1.11 bits per heavy atom. The zero-order chi connectivity index (χ0) is 13.8. The number of aromatic hydroxyl groups is 1. The average Bonchev–Trinajstić information content (AvgIpc) is 2.41. The first-order valence-electron chi connectivity index (χ1n) is 6.03. The van der Waals surface area contributed by atoms with Crippen LogP contribution in [-0.4, -0.2) is 5.11 Å². The molecule has 2 N–H and O–H groups in total. The van der Waals surface area contributed by atoms with Crippen LogP contribution in [0.5, 0.6) is 5.75 Å². The lowest BCUT2D eigenvalue weighted by atomic mass is 10.1. The number of nitrogens with one attached hydrogen (secondary N) is 1. The van der Waals surface area contributed by atoms with Crippen molar-refractivity contribution in [3.05, 3.63) is 63.6 Å². The minimum absolute atomic E-state index is 0.139. The molecule has 2 aromatic rings. The van der Waals surface area contributed by atoms with Crippen LogP contribution in [0.15, 0.2) is 42.5 Å². The molecular formula is C15H15Cl2NO. The third-order valence-corrected chi connectivity index (χ3v) is 3.60. The molecule has 0 aliphatic rings. The van der Waals surface area contributed by atoms with Gasteiger partial charge in [0.05, 0.1) is 5.02 Å². The largest absolute Gasteiger partial charge is 0.506 e. The van der Waals surface area contributed by atoms with Gasteiger partial charge in [-0.05, 0) is 30.7 Å². The fourth-order valence-electron chi connectivity index (χ4n) is 1.84. The molecule has 0 fully saturated rings. The maximum absolute atomic E-state index is 9.83. The minimum Gasteiger partial charge on any atom is -0.506 e. The topological polar surface area (TPSA) is 32.3 Å². The van der Waals surface area contributed by atoms with Crippen LogP contribution in [0, 0.1) is 0 Å². The zero-order valence-corrected chi connectivity index (χ0v) is 12.0. The third kappa shape index (κ3) is 3.63. The SMILES string of the molecule is CC(NCc1cccc(Cl)c1O)c1ccc(Cl)cc1. The van der Waals surface area contributed by atoms with Gasteiger partial charge in [0, 0.05) is 23.2 Å². The van der Waals surface area contributed by atoms with E-state index in [2.05, 4.69) is 12.2 Å². The molecule has 0 bridgehead atoms. The van der Waals surface area contributed by atoms with Gasteiger partial charge < -0.3 is 10.4 Å².